The van der Waals surface area contributed by atoms with Crippen molar-refractivity contribution >= 4 is 85.6 Å². The number of hydroxylamine groups is 1. The maximum atomic E-state index is 11.8. The van der Waals surface area contributed by atoms with Gasteiger partial charge in [0.1, 0.15) is 4.90 Å². The average Bonchev–Trinajstić information content (AvgIpc) is 2.25. The number of hydrogen-bond donors (Lipinski definition) is 2. The summed E-state index contributed by atoms with van der Waals surface area (Å²) in [6.45, 7) is 4.74. The van der Waals surface area contributed by atoms with Crippen LogP contribution in [0.15, 0.2) is 28.0 Å². The van der Waals surface area contributed by atoms with Crippen LogP contribution in [0.4, 0.5) is 0 Å². The molecule has 12 heteroatoms. The Balaban J connectivity index is 0. The summed E-state index contributed by atoms with van der Waals surface area (Å²) in [5, 5.41) is 11.8. The predicted octanol–water partition coefficient (Wildman–Crippen LogP) is -0.389. The maximum absolute atomic E-state index is 11.8. The summed E-state index contributed by atoms with van der Waals surface area (Å²) in [6, 6.07) is 2.50. The molecule has 0 aliphatic carbocycles. The van der Waals surface area contributed by atoms with Crippen molar-refractivity contribution < 1.29 is 30.7 Å². The Morgan fingerprint density at radius 1 is 1.04 bits per heavy atom. The molecular weight excluding hydrogens is 368 g/mol. The Hall–Kier alpha value is 0.510. The fourth-order valence-corrected chi connectivity index (χ4v) is 2.60. The van der Waals surface area contributed by atoms with E-state index in [9.17, 15) is 22.0 Å². The first kappa shape index (κ1) is 25.7. The number of benzene rings is 1. The number of nitrogens with zero attached hydrogens (tertiary/aromatic N) is 1. The van der Waals surface area contributed by atoms with Gasteiger partial charge in [-0.25, -0.2) is 4.74 Å². The molecule has 0 spiro atoms. The second-order valence-electron chi connectivity index (χ2n) is 5.28. The zero-order valence-electron chi connectivity index (χ0n) is 11.5. The van der Waals surface area contributed by atoms with E-state index >= 15 is 0 Å². The molecule has 0 bridgehead atoms. The molecule has 0 aliphatic heterocycles. The van der Waals surface area contributed by atoms with Gasteiger partial charge in [0.25, 0.3) is 20.2 Å². The number of hydrogen-bond acceptors (Lipinski definition) is 5. The molecule has 0 amide bonds. The van der Waals surface area contributed by atoms with Crippen LogP contribution < -0.4 is 0 Å². The van der Waals surface area contributed by atoms with E-state index in [2.05, 4.69) is 0 Å². The van der Waals surface area contributed by atoms with Gasteiger partial charge >= 0.3 is 59.1 Å². The average molecular weight is 385 g/mol. The summed E-state index contributed by atoms with van der Waals surface area (Å²) < 4.78 is 63.1. The van der Waals surface area contributed by atoms with E-state index in [0.29, 0.717) is 10.8 Å². The zero-order chi connectivity index (χ0) is 16.6. The summed E-state index contributed by atoms with van der Waals surface area (Å²) in [6.07, 6.45) is 0.914. The molecule has 2 N–H and O–H groups in total. The van der Waals surface area contributed by atoms with Crippen molar-refractivity contribution in [3.63, 3.8) is 0 Å². The molecule has 0 saturated heterocycles. The van der Waals surface area contributed by atoms with Crippen LogP contribution in [0.2, 0.25) is 0 Å². The van der Waals surface area contributed by atoms with E-state index in [1.54, 1.807) is 20.8 Å². The monoisotopic (exact) mass is 385 g/mol. The van der Waals surface area contributed by atoms with Crippen molar-refractivity contribution in [2.75, 3.05) is 0 Å². The molecule has 0 aliphatic rings. The van der Waals surface area contributed by atoms with Crippen molar-refractivity contribution in [1.29, 1.82) is 0 Å². The summed E-state index contributed by atoms with van der Waals surface area (Å²) in [5.74, 6) is 0. The van der Waals surface area contributed by atoms with Gasteiger partial charge in [0.2, 0.25) is 0 Å². The van der Waals surface area contributed by atoms with Crippen LogP contribution in [-0.2, 0) is 20.2 Å². The van der Waals surface area contributed by atoms with Gasteiger partial charge in [-0.15, -0.1) is 0 Å². The summed E-state index contributed by atoms with van der Waals surface area (Å²) in [7, 11) is -9.42. The third kappa shape index (κ3) is 7.51. The Morgan fingerprint density at radius 3 is 1.87 bits per heavy atom. The zero-order valence-corrected chi connectivity index (χ0v) is 13.1. The van der Waals surface area contributed by atoms with Crippen LogP contribution in [0, 0.1) is 5.21 Å². The summed E-state index contributed by atoms with van der Waals surface area (Å²) >= 11 is 0. The molecule has 0 heterocycles. The second-order valence-corrected chi connectivity index (χ2v) is 8.09. The minimum atomic E-state index is -4.78. The molecule has 23 heavy (non-hydrogen) atoms. The van der Waals surface area contributed by atoms with Crippen LogP contribution in [0.25, 0.3) is 0 Å². The van der Waals surface area contributed by atoms with Gasteiger partial charge in [0.05, 0.1) is 10.5 Å². The fraction of sp³-hybridized carbons (Fsp3) is 0.364. The molecule has 0 radical (unpaired) electrons. The van der Waals surface area contributed by atoms with Crippen molar-refractivity contribution in [1.82, 2.24) is 0 Å². The van der Waals surface area contributed by atoms with E-state index in [-0.39, 0.29) is 64.7 Å². The Morgan fingerprint density at radius 2 is 1.52 bits per heavy atom. The topological polar surface area (TPSA) is 135 Å². The van der Waals surface area contributed by atoms with Gasteiger partial charge in [0, 0.05) is 20.8 Å². The van der Waals surface area contributed by atoms with E-state index in [1.807, 2.05) is 0 Å². The van der Waals surface area contributed by atoms with Crippen molar-refractivity contribution in [2.24, 2.45) is 0 Å². The third-order valence-electron chi connectivity index (χ3n) is 2.48. The second kappa shape index (κ2) is 8.75. The summed E-state index contributed by atoms with van der Waals surface area (Å²) in [5.41, 5.74) is -1.06. The molecule has 1 aromatic rings. The minimum absolute atomic E-state index is 0. The standard InChI is InChI=1S/C11H15NO7S2.2Na.2H/c1-11(2,3)12(13)7-8-4-5-9(20(14,15)16)6-10(8)21(17,18)19;;;;/h4-7H,1-3H3,(H,14,15,16)(H,17,18,19);;;;. The molecule has 0 aromatic heterocycles. The number of rotatable bonds is 3. The Bertz CT molecular complexity index is 796. The SMILES string of the molecule is CC(C)(C)[N+]([O-])=Cc1ccc(S(=O)(=O)O)cc1S(=O)(=O)O.[NaH].[NaH]. The van der Waals surface area contributed by atoms with Crippen LogP contribution in [0.1, 0.15) is 26.3 Å². The van der Waals surface area contributed by atoms with Crippen LogP contribution in [-0.4, -0.2) is 102 Å². The van der Waals surface area contributed by atoms with Crippen LogP contribution >= 0.6 is 0 Å². The van der Waals surface area contributed by atoms with Crippen LogP contribution in [0.5, 0.6) is 0 Å². The first-order valence-electron chi connectivity index (χ1n) is 5.63. The quantitative estimate of drug-likeness (QED) is 0.181. The molecule has 122 valence electrons. The predicted molar refractivity (Wildman–Crippen MR) is 88.9 cm³/mol. The van der Waals surface area contributed by atoms with Gasteiger partial charge < -0.3 is 5.21 Å². The molecule has 0 fully saturated rings. The van der Waals surface area contributed by atoms with Gasteiger partial charge in [-0.05, 0) is 18.2 Å². The van der Waals surface area contributed by atoms with Crippen LogP contribution in [0.3, 0.4) is 0 Å². The Kier molecular flexibility index (Phi) is 9.79. The van der Waals surface area contributed by atoms with Gasteiger partial charge in [-0.1, -0.05) is 0 Å². The van der Waals surface area contributed by atoms with Gasteiger partial charge in [-0.2, -0.15) is 16.8 Å². The third-order valence-corrected chi connectivity index (χ3v) is 4.24. The molecule has 1 aromatic carbocycles. The first-order valence-corrected chi connectivity index (χ1v) is 8.51. The first-order chi connectivity index (χ1) is 9.23. The molecule has 0 unspecified atom stereocenters. The van der Waals surface area contributed by atoms with E-state index in [1.165, 1.54) is 0 Å². The van der Waals surface area contributed by atoms with Crippen molar-refractivity contribution in [3.8, 4) is 0 Å². The van der Waals surface area contributed by atoms with Crippen molar-refractivity contribution in [2.45, 2.75) is 36.1 Å². The molecule has 8 nitrogen and oxygen atoms in total. The van der Waals surface area contributed by atoms with Gasteiger partial charge in [0.15, 0.2) is 11.8 Å². The molecule has 0 saturated carbocycles. The van der Waals surface area contributed by atoms with Gasteiger partial charge in [-0.3, -0.25) is 9.11 Å². The molecule has 0 atom stereocenters. The van der Waals surface area contributed by atoms with E-state index in [4.69, 9.17) is 9.11 Å². The summed E-state index contributed by atoms with van der Waals surface area (Å²) in [4.78, 5) is -1.50. The van der Waals surface area contributed by atoms with Crippen molar-refractivity contribution in [3.05, 3.63) is 29.0 Å². The normalized spacial score (nSPS) is 13.0. The Labute approximate surface area is 179 Å². The van der Waals surface area contributed by atoms with E-state index < -0.39 is 35.6 Å². The molecule has 1 rings (SSSR count). The van der Waals surface area contributed by atoms with E-state index in [0.717, 1.165) is 18.3 Å². The fourth-order valence-electron chi connectivity index (χ4n) is 1.33. The molecular formula is C11H17NNa2O7S2.